The predicted octanol–water partition coefficient (Wildman–Crippen LogP) is 4.82. The molecule has 0 bridgehead atoms. The summed E-state index contributed by atoms with van der Waals surface area (Å²) in [4.78, 5) is 17.4. The van der Waals surface area contributed by atoms with E-state index in [0.717, 1.165) is 17.7 Å². The number of rotatable bonds is 6. The molecule has 0 unspecified atom stereocenters. The van der Waals surface area contributed by atoms with Crippen LogP contribution in [0, 0.1) is 0 Å². The number of aromatic amines is 1. The zero-order valence-corrected chi connectivity index (χ0v) is 15.7. The van der Waals surface area contributed by atoms with Crippen LogP contribution in [0.1, 0.15) is 11.1 Å². The molecule has 2 aromatic carbocycles. The maximum atomic E-state index is 12.9. The summed E-state index contributed by atoms with van der Waals surface area (Å²) in [7, 11) is 1.38. The molecule has 0 amide bonds. The number of aromatic nitrogens is 2. The molecule has 0 fully saturated rings. The van der Waals surface area contributed by atoms with Crippen LogP contribution in [0.3, 0.4) is 0 Å². The van der Waals surface area contributed by atoms with E-state index in [1.807, 2.05) is 0 Å². The zero-order chi connectivity index (χ0) is 21.0. The smallest absolute Gasteiger partial charge is 0.417 e. The number of halogens is 4. The van der Waals surface area contributed by atoms with E-state index in [2.05, 4.69) is 9.97 Å². The van der Waals surface area contributed by atoms with Crippen LogP contribution < -0.4 is 19.9 Å². The van der Waals surface area contributed by atoms with Gasteiger partial charge in [-0.1, -0.05) is 23.7 Å². The Hall–Kier alpha value is -3.20. The molecule has 0 saturated heterocycles. The van der Waals surface area contributed by atoms with Gasteiger partial charge in [-0.25, -0.2) is 4.79 Å². The molecule has 0 aliphatic heterocycles. The molecule has 0 radical (unpaired) electrons. The van der Waals surface area contributed by atoms with Crippen LogP contribution in [0.2, 0.25) is 5.02 Å². The summed E-state index contributed by atoms with van der Waals surface area (Å²) in [5.74, 6) is 0.645. The Morgan fingerprint density at radius 2 is 1.76 bits per heavy atom. The highest BCUT2D eigenvalue weighted by molar-refractivity contribution is 6.31. The third-order valence-electron chi connectivity index (χ3n) is 3.70. The summed E-state index contributed by atoms with van der Waals surface area (Å²) in [6.45, 7) is 0.128. The van der Waals surface area contributed by atoms with Gasteiger partial charge in [0.2, 0.25) is 11.8 Å². The van der Waals surface area contributed by atoms with E-state index in [1.54, 1.807) is 24.3 Å². The maximum absolute atomic E-state index is 12.9. The number of nitrogens with zero attached hydrogens (tertiary/aromatic N) is 1. The van der Waals surface area contributed by atoms with Gasteiger partial charge in [0.15, 0.2) is 0 Å². The van der Waals surface area contributed by atoms with Gasteiger partial charge in [-0.3, -0.25) is 4.98 Å². The van der Waals surface area contributed by atoms with Crippen LogP contribution in [0.25, 0.3) is 0 Å². The molecular weight excluding hydrogens is 413 g/mol. The Morgan fingerprint density at radius 1 is 1.07 bits per heavy atom. The van der Waals surface area contributed by atoms with E-state index in [9.17, 15) is 18.0 Å². The first kappa shape index (κ1) is 20.5. The zero-order valence-electron chi connectivity index (χ0n) is 14.9. The fraction of sp³-hybridized carbons (Fsp3) is 0.158. The highest BCUT2D eigenvalue weighted by Crippen LogP contribution is 2.37. The third kappa shape index (κ3) is 5.41. The van der Waals surface area contributed by atoms with Gasteiger partial charge in [-0.2, -0.15) is 18.2 Å². The van der Waals surface area contributed by atoms with Gasteiger partial charge in [0.1, 0.15) is 18.1 Å². The summed E-state index contributed by atoms with van der Waals surface area (Å²) in [6, 6.07) is 11.3. The monoisotopic (exact) mass is 426 g/mol. The number of benzene rings is 2. The van der Waals surface area contributed by atoms with Crippen molar-refractivity contribution in [3.63, 3.8) is 0 Å². The number of hydrogen-bond acceptors (Lipinski definition) is 5. The van der Waals surface area contributed by atoms with Crippen LogP contribution >= 0.6 is 11.6 Å². The summed E-state index contributed by atoms with van der Waals surface area (Å²) in [5.41, 5.74) is -0.839. The molecule has 1 heterocycles. The average molecular weight is 427 g/mol. The first-order chi connectivity index (χ1) is 13.7. The van der Waals surface area contributed by atoms with Crippen molar-refractivity contribution in [1.29, 1.82) is 0 Å². The molecule has 3 aromatic rings. The van der Waals surface area contributed by atoms with Gasteiger partial charge < -0.3 is 14.2 Å². The van der Waals surface area contributed by atoms with Gasteiger partial charge in [0, 0.05) is 0 Å². The molecule has 0 aliphatic rings. The minimum atomic E-state index is -4.58. The van der Waals surface area contributed by atoms with Gasteiger partial charge in [-0.05, 0) is 35.9 Å². The lowest BCUT2D eigenvalue weighted by Gasteiger charge is -2.12. The fourth-order valence-electron chi connectivity index (χ4n) is 2.33. The van der Waals surface area contributed by atoms with Crippen molar-refractivity contribution in [2.45, 2.75) is 12.8 Å². The fourth-order valence-corrected chi connectivity index (χ4v) is 2.56. The van der Waals surface area contributed by atoms with E-state index in [0.29, 0.717) is 5.75 Å². The maximum Gasteiger partial charge on any atom is 0.417 e. The highest BCUT2D eigenvalue weighted by atomic mass is 35.5. The molecule has 3 rings (SSSR count). The molecule has 1 N–H and O–H groups in total. The molecule has 152 valence electrons. The normalized spacial score (nSPS) is 11.2. The van der Waals surface area contributed by atoms with Crippen LogP contribution in [0.5, 0.6) is 23.3 Å². The van der Waals surface area contributed by atoms with Crippen LogP contribution in [0.4, 0.5) is 13.2 Å². The van der Waals surface area contributed by atoms with E-state index in [-0.39, 0.29) is 24.1 Å². The molecule has 0 atom stereocenters. The number of hydrogen-bond donors (Lipinski definition) is 1. The molecule has 0 aliphatic carbocycles. The second kappa shape index (κ2) is 8.44. The Labute approximate surface area is 167 Å². The summed E-state index contributed by atoms with van der Waals surface area (Å²) >= 11 is 5.60. The minimum Gasteiger partial charge on any atom is -0.481 e. The predicted molar refractivity (Wildman–Crippen MR) is 98.7 cm³/mol. The van der Waals surface area contributed by atoms with Crippen molar-refractivity contribution < 1.29 is 27.4 Å². The Bertz CT molecular complexity index is 1050. The van der Waals surface area contributed by atoms with Gasteiger partial charge in [-0.15, -0.1) is 0 Å². The molecule has 10 heteroatoms. The molecular formula is C19H14ClF3N2O4. The van der Waals surface area contributed by atoms with E-state index in [1.165, 1.54) is 19.2 Å². The second-order valence-corrected chi connectivity index (χ2v) is 6.17. The summed E-state index contributed by atoms with van der Waals surface area (Å²) in [6.07, 6.45) is -4.58. The van der Waals surface area contributed by atoms with Crippen molar-refractivity contribution in [2.24, 2.45) is 0 Å². The molecule has 0 saturated carbocycles. The van der Waals surface area contributed by atoms with Crippen molar-refractivity contribution in [2.75, 3.05) is 7.11 Å². The van der Waals surface area contributed by atoms with Gasteiger partial charge in [0.05, 0.1) is 23.8 Å². The largest absolute Gasteiger partial charge is 0.481 e. The van der Waals surface area contributed by atoms with E-state index < -0.39 is 22.5 Å². The van der Waals surface area contributed by atoms with Crippen molar-refractivity contribution in [1.82, 2.24) is 9.97 Å². The Morgan fingerprint density at radius 3 is 2.41 bits per heavy atom. The van der Waals surface area contributed by atoms with Crippen LogP contribution in [-0.4, -0.2) is 17.1 Å². The highest BCUT2D eigenvalue weighted by Gasteiger charge is 2.33. The van der Waals surface area contributed by atoms with E-state index in [4.69, 9.17) is 25.8 Å². The number of nitrogens with one attached hydrogen (secondary N) is 1. The number of methoxy groups -OCH3 is 1. The molecule has 0 spiro atoms. The summed E-state index contributed by atoms with van der Waals surface area (Å²) < 4.78 is 54.6. The van der Waals surface area contributed by atoms with Crippen LogP contribution in [-0.2, 0) is 12.8 Å². The topological polar surface area (TPSA) is 73.4 Å². The Kier molecular flexibility index (Phi) is 5.97. The van der Waals surface area contributed by atoms with Gasteiger partial charge in [0.25, 0.3) is 0 Å². The first-order valence-corrected chi connectivity index (χ1v) is 8.54. The molecule has 29 heavy (non-hydrogen) atoms. The lowest BCUT2D eigenvalue weighted by molar-refractivity contribution is -0.137. The minimum absolute atomic E-state index is 0.00665. The quantitative estimate of drug-likeness (QED) is 0.611. The molecule has 1 aromatic heterocycles. The number of ether oxygens (including phenoxy) is 3. The van der Waals surface area contributed by atoms with Gasteiger partial charge >= 0.3 is 11.9 Å². The average Bonchev–Trinajstić information content (AvgIpc) is 2.67. The number of H-pyrrole nitrogens is 1. The first-order valence-electron chi connectivity index (χ1n) is 8.16. The second-order valence-electron chi connectivity index (χ2n) is 5.77. The lowest BCUT2D eigenvalue weighted by atomic mass is 10.2. The Balaban J connectivity index is 1.66. The van der Waals surface area contributed by atoms with Crippen molar-refractivity contribution in [3.05, 3.63) is 75.2 Å². The number of alkyl halides is 3. The third-order valence-corrected chi connectivity index (χ3v) is 4.03. The van der Waals surface area contributed by atoms with Crippen molar-refractivity contribution in [3.8, 4) is 23.3 Å². The van der Waals surface area contributed by atoms with Crippen molar-refractivity contribution >= 4 is 11.6 Å². The lowest BCUT2D eigenvalue weighted by Crippen LogP contribution is -2.12. The SMILES string of the molecule is COc1cc(OCc2ccc(Oc3ccc(Cl)c(C(F)(F)F)c3)cc2)[nH]c(=O)n1. The van der Waals surface area contributed by atoms with E-state index >= 15 is 0 Å². The summed E-state index contributed by atoms with van der Waals surface area (Å²) in [5, 5.41) is -0.400. The molecule has 6 nitrogen and oxygen atoms in total. The standard InChI is InChI=1S/C19H14ClF3N2O4/c1-27-16-9-17(25-18(26)24-16)28-10-11-2-4-12(5-3-11)29-13-6-7-15(20)14(8-13)19(21,22)23/h2-9H,10H2,1H3,(H,24,25,26). The van der Waals surface area contributed by atoms with Crippen LogP contribution in [0.15, 0.2) is 53.3 Å².